The average molecular weight is 226 g/mol. The molecular formula is C13H20ClN. The van der Waals surface area contributed by atoms with Crippen LogP contribution in [0.25, 0.3) is 0 Å². The van der Waals surface area contributed by atoms with Crippen molar-refractivity contribution in [2.75, 3.05) is 0 Å². The molecule has 1 unspecified atom stereocenters. The predicted molar refractivity (Wildman–Crippen MR) is 67.2 cm³/mol. The van der Waals surface area contributed by atoms with Gasteiger partial charge in [0.05, 0.1) is 0 Å². The average Bonchev–Trinajstić information content (AvgIpc) is 2.15. The molecule has 1 aromatic carbocycles. The number of hydrogen-bond acceptors (Lipinski definition) is 1. The summed E-state index contributed by atoms with van der Waals surface area (Å²) in [6, 6.07) is 8.53. The van der Waals surface area contributed by atoms with Gasteiger partial charge >= 0.3 is 0 Å². The highest BCUT2D eigenvalue weighted by atomic mass is 35.5. The maximum Gasteiger partial charge on any atom is 0.0450 e. The fourth-order valence-corrected chi connectivity index (χ4v) is 1.92. The lowest BCUT2D eigenvalue weighted by molar-refractivity contribution is 0.441. The molecule has 2 heteroatoms. The van der Waals surface area contributed by atoms with Crippen molar-refractivity contribution >= 4 is 11.6 Å². The van der Waals surface area contributed by atoms with Crippen molar-refractivity contribution in [1.82, 2.24) is 5.32 Å². The largest absolute Gasteiger partial charge is 0.310 e. The van der Waals surface area contributed by atoms with Gasteiger partial charge in [0.2, 0.25) is 0 Å². The molecular weight excluding hydrogens is 206 g/mol. The molecule has 0 bridgehead atoms. The second-order valence-electron chi connectivity index (χ2n) is 4.50. The van der Waals surface area contributed by atoms with Crippen LogP contribution in [0.5, 0.6) is 0 Å². The van der Waals surface area contributed by atoms with E-state index in [1.54, 1.807) is 0 Å². The molecule has 0 spiro atoms. The van der Waals surface area contributed by atoms with Crippen LogP contribution in [0.15, 0.2) is 24.3 Å². The van der Waals surface area contributed by atoms with Crippen LogP contribution in [0.1, 0.15) is 32.8 Å². The van der Waals surface area contributed by atoms with Crippen LogP contribution in [0, 0.1) is 5.92 Å². The highest BCUT2D eigenvalue weighted by Gasteiger charge is 2.05. The summed E-state index contributed by atoms with van der Waals surface area (Å²) in [5.74, 6) is 0.735. The Morgan fingerprint density at radius 2 is 1.87 bits per heavy atom. The zero-order chi connectivity index (χ0) is 11.3. The van der Waals surface area contributed by atoms with E-state index in [0.717, 1.165) is 17.5 Å². The van der Waals surface area contributed by atoms with Gasteiger partial charge in [-0.25, -0.2) is 0 Å². The number of hydrogen-bond donors (Lipinski definition) is 1. The second kappa shape index (κ2) is 6.14. The number of halogens is 1. The van der Waals surface area contributed by atoms with Gasteiger partial charge in [0.25, 0.3) is 0 Å². The van der Waals surface area contributed by atoms with Crippen LogP contribution in [0.2, 0.25) is 5.02 Å². The Morgan fingerprint density at radius 3 is 2.47 bits per heavy atom. The molecule has 1 N–H and O–H groups in total. The van der Waals surface area contributed by atoms with Gasteiger partial charge < -0.3 is 5.32 Å². The van der Waals surface area contributed by atoms with E-state index in [1.165, 1.54) is 12.0 Å². The first-order chi connectivity index (χ1) is 7.09. The van der Waals surface area contributed by atoms with Crippen molar-refractivity contribution in [3.05, 3.63) is 34.9 Å². The first-order valence-electron chi connectivity index (χ1n) is 5.56. The van der Waals surface area contributed by atoms with Crippen molar-refractivity contribution in [3.8, 4) is 0 Å². The second-order valence-corrected chi connectivity index (χ2v) is 4.91. The SMILES string of the molecule is CC(C)CC(C)NCc1ccccc1Cl. The van der Waals surface area contributed by atoms with Crippen molar-refractivity contribution < 1.29 is 0 Å². The minimum Gasteiger partial charge on any atom is -0.310 e. The third kappa shape index (κ3) is 4.67. The molecule has 0 aliphatic rings. The van der Waals surface area contributed by atoms with Crippen molar-refractivity contribution in [1.29, 1.82) is 0 Å². The van der Waals surface area contributed by atoms with Gasteiger partial charge in [-0.1, -0.05) is 43.6 Å². The summed E-state index contributed by atoms with van der Waals surface area (Å²) in [6.07, 6.45) is 1.20. The third-order valence-electron chi connectivity index (χ3n) is 2.42. The summed E-state index contributed by atoms with van der Waals surface area (Å²) >= 11 is 6.07. The van der Waals surface area contributed by atoms with E-state index in [2.05, 4.69) is 32.2 Å². The molecule has 15 heavy (non-hydrogen) atoms. The van der Waals surface area contributed by atoms with E-state index < -0.39 is 0 Å². The molecule has 0 aliphatic carbocycles. The van der Waals surface area contributed by atoms with E-state index in [1.807, 2.05) is 18.2 Å². The van der Waals surface area contributed by atoms with Crippen molar-refractivity contribution in [3.63, 3.8) is 0 Å². The topological polar surface area (TPSA) is 12.0 Å². The maximum absolute atomic E-state index is 6.07. The quantitative estimate of drug-likeness (QED) is 0.803. The lowest BCUT2D eigenvalue weighted by Crippen LogP contribution is -2.26. The highest BCUT2D eigenvalue weighted by molar-refractivity contribution is 6.31. The zero-order valence-electron chi connectivity index (χ0n) is 9.76. The van der Waals surface area contributed by atoms with Crippen LogP contribution < -0.4 is 5.32 Å². The lowest BCUT2D eigenvalue weighted by Gasteiger charge is -2.16. The standard InChI is InChI=1S/C13H20ClN/c1-10(2)8-11(3)15-9-12-6-4-5-7-13(12)14/h4-7,10-11,15H,8-9H2,1-3H3. The summed E-state index contributed by atoms with van der Waals surface area (Å²) in [7, 11) is 0. The predicted octanol–water partition coefficient (Wildman–Crippen LogP) is 3.86. The molecule has 0 saturated heterocycles. The Labute approximate surface area is 97.8 Å². The third-order valence-corrected chi connectivity index (χ3v) is 2.79. The van der Waals surface area contributed by atoms with Gasteiger partial charge in [-0.05, 0) is 30.9 Å². The summed E-state index contributed by atoms with van der Waals surface area (Å²) < 4.78 is 0. The Morgan fingerprint density at radius 1 is 1.20 bits per heavy atom. The molecule has 84 valence electrons. The molecule has 0 fully saturated rings. The molecule has 0 aliphatic heterocycles. The Bertz CT molecular complexity index is 296. The van der Waals surface area contributed by atoms with Gasteiger partial charge in [-0.3, -0.25) is 0 Å². The molecule has 0 saturated carbocycles. The van der Waals surface area contributed by atoms with E-state index in [9.17, 15) is 0 Å². The Balaban J connectivity index is 2.40. The van der Waals surface area contributed by atoms with Crippen LogP contribution in [-0.2, 0) is 6.54 Å². The van der Waals surface area contributed by atoms with Crippen molar-refractivity contribution in [2.24, 2.45) is 5.92 Å². The number of benzene rings is 1. The Kier molecular flexibility index (Phi) is 5.13. The van der Waals surface area contributed by atoms with E-state index in [4.69, 9.17) is 11.6 Å². The van der Waals surface area contributed by atoms with Crippen LogP contribution in [0.4, 0.5) is 0 Å². The monoisotopic (exact) mass is 225 g/mol. The van der Waals surface area contributed by atoms with E-state index in [-0.39, 0.29) is 0 Å². The summed E-state index contributed by atoms with van der Waals surface area (Å²) in [4.78, 5) is 0. The smallest absolute Gasteiger partial charge is 0.0450 e. The van der Waals surface area contributed by atoms with Crippen LogP contribution >= 0.6 is 11.6 Å². The fraction of sp³-hybridized carbons (Fsp3) is 0.538. The summed E-state index contributed by atoms with van der Waals surface area (Å²) in [5, 5.41) is 4.34. The first-order valence-corrected chi connectivity index (χ1v) is 5.94. The van der Waals surface area contributed by atoms with Gasteiger partial charge in [0.15, 0.2) is 0 Å². The Hall–Kier alpha value is -0.530. The minimum absolute atomic E-state index is 0.543. The fourth-order valence-electron chi connectivity index (χ4n) is 1.72. The molecule has 0 amide bonds. The van der Waals surface area contributed by atoms with Crippen LogP contribution in [-0.4, -0.2) is 6.04 Å². The minimum atomic E-state index is 0.543. The first kappa shape index (κ1) is 12.5. The van der Waals surface area contributed by atoms with Crippen LogP contribution in [0.3, 0.4) is 0 Å². The lowest BCUT2D eigenvalue weighted by atomic mass is 10.1. The number of nitrogens with one attached hydrogen (secondary N) is 1. The molecule has 1 rings (SSSR count). The zero-order valence-corrected chi connectivity index (χ0v) is 10.5. The molecule has 1 atom stereocenters. The highest BCUT2D eigenvalue weighted by Crippen LogP contribution is 2.15. The summed E-state index contributed by atoms with van der Waals surface area (Å²) in [5.41, 5.74) is 1.18. The van der Waals surface area contributed by atoms with Gasteiger partial charge in [-0.15, -0.1) is 0 Å². The van der Waals surface area contributed by atoms with E-state index in [0.29, 0.717) is 6.04 Å². The van der Waals surface area contributed by atoms with Crippen molar-refractivity contribution in [2.45, 2.75) is 39.8 Å². The normalized spacial score (nSPS) is 13.1. The van der Waals surface area contributed by atoms with Gasteiger partial charge in [0.1, 0.15) is 0 Å². The summed E-state index contributed by atoms with van der Waals surface area (Å²) in [6.45, 7) is 7.56. The molecule has 0 aromatic heterocycles. The van der Waals surface area contributed by atoms with Gasteiger partial charge in [0, 0.05) is 17.6 Å². The molecule has 1 nitrogen and oxygen atoms in total. The molecule has 1 aromatic rings. The molecule has 0 radical (unpaired) electrons. The molecule has 0 heterocycles. The van der Waals surface area contributed by atoms with Gasteiger partial charge in [-0.2, -0.15) is 0 Å². The maximum atomic E-state index is 6.07. The van der Waals surface area contributed by atoms with E-state index >= 15 is 0 Å². The number of rotatable bonds is 5.